The highest BCUT2D eigenvalue weighted by Crippen LogP contribution is 2.44. The molecule has 2 aliphatic rings. The van der Waals surface area contributed by atoms with Gasteiger partial charge in [0, 0.05) is 0 Å². The molecule has 0 aromatic rings. The Morgan fingerprint density at radius 2 is 1.93 bits per heavy atom. The second-order valence-electron chi connectivity index (χ2n) is 4.92. The Bertz CT molecular complexity index is 294. The van der Waals surface area contributed by atoms with Gasteiger partial charge < -0.3 is 0 Å². The molecule has 0 N–H and O–H groups in total. The molecule has 0 radical (unpaired) electrons. The third-order valence-electron chi connectivity index (χ3n) is 4.09. The third kappa shape index (κ3) is 1.92. The van der Waals surface area contributed by atoms with Crippen LogP contribution in [0.1, 0.15) is 45.4 Å². The molecule has 0 heterocycles. The molecule has 1 saturated carbocycles. The van der Waals surface area contributed by atoms with E-state index >= 15 is 0 Å². The van der Waals surface area contributed by atoms with Gasteiger partial charge in [-0.15, -0.1) is 0 Å². The van der Waals surface area contributed by atoms with Gasteiger partial charge in [0.25, 0.3) is 0 Å². The van der Waals surface area contributed by atoms with Crippen molar-refractivity contribution in [1.82, 2.24) is 0 Å². The summed E-state index contributed by atoms with van der Waals surface area (Å²) in [6.45, 7) is 1.76. The van der Waals surface area contributed by atoms with E-state index in [2.05, 4.69) is 24.3 Å². The fourth-order valence-electron chi connectivity index (χ4n) is 3.11. The first-order valence-corrected chi connectivity index (χ1v) is 6.11. The zero-order valence-corrected chi connectivity index (χ0v) is 9.54. The van der Waals surface area contributed by atoms with E-state index < -0.39 is 0 Å². The zero-order valence-electron chi connectivity index (χ0n) is 9.54. The summed E-state index contributed by atoms with van der Waals surface area (Å²) >= 11 is 0. The molecule has 2 rings (SSSR count). The molecule has 0 amide bonds. The van der Waals surface area contributed by atoms with Crippen LogP contribution in [0.5, 0.6) is 0 Å². The Labute approximate surface area is 92.3 Å². The average molecular weight is 204 g/mol. The van der Waals surface area contributed by atoms with Crippen molar-refractivity contribution in [1.29, 1.82) is 0 Å². The summed E-state index contributed by atoms with van der Waals surface area (Å²) in [5, 5.41) is 0. The number of Topliss-reactive ketones (excluding diaryl/α,β-unsaturated/α-hetero) is 1. The third-order valence-corrected chi connectivity index (χ3v) is 4.09. The van der Waals surface area contributed by atoms with Crippen molar-refractivity contribution in [2.24, 2.45) is 11.3 Å². The molecular weight excluding hydrogens is 184 g/mol. The highest BCUT2D eigenvalue weighted by atomic mass is 16.1. The van der Waals surface area contributed by atoms with Gasteiger partial charge in [-0.1, -0.05) is 43.6 Å². The summed E-state index contributed by atoms with van der Waals surface area (Å²) in [6.07, 6.45) is 15.8. The van der Waals surface area contributed by atoms with Gasteiger partial charge >= 0.3 is 0 Å². The Hall–Kier alpha value is -0.850. The largest absolute Gasteiger partial charge is 0.299 e. The highest BCUT2D eigenvalue weighted by molar-refractivity contribution is 5.85. The second kappa shape index (κ2) is 4.34. The lowest BCUT2D eigenvalue weighted by Crippen LogP contribution is -2.37. The topological polar surface area (TPSA) is 17.1 Å². The van der Waals surface area contributed by atoms with Gasteiger partial charge in [-0.25, -0.2) is 0 Å². The maximum atomic E-state index is 11.9. The first kappa shape index (κ1) is 10.7. The molecule has 0 aliphatic heterocycles. The van der Waals surface area contributed by atoms with Crippen LogP contribution >= 0.6 is 0 Å². The first-order valence-electron chi connectivity index (χ1n) is 6.11. The summed E-state index contributed by atoms with van der Waals surface area (Å²) in [5.41, 5.74) is -0.158. The lowest BCUT2D eigenvalue weighted by Gasteiger charge is -2.39. The molecule has 0 aromatic carbocycles. The molecule has 1 fully saturated rings. The molecule has 1 unspecified atom stereocenters. The predicted octanol–water partition coefficient (Wildman–Crippen LogP) is 3.66. The van der Waals surface area contributed by atoms with Crippen LogP contribution in [0.2, 0.25) is 0 Å². The van der Waals surface area contributed by atoms with Crippen molar-refractivity contribution in [2.45, 2.75) is 45.4 Å². The Balaban J connectivity index is 2.21. The number of carbonyl (C=O) groups excluding carboxylic acids is 1. The molecule has 1 atom stereocenters. The summed E-state index contributed by atoms with van der Waals surface area (Å²) in [6, 6.07) is 0. The smallest absolute Gasteiger partial charge is 0.140 e. The van der Waals surface area contributed by atoms with E-state index in [1.54, 1.807) is 6.92 Å². The van der Waals surface area contributed by atoms with Crippen LogP contribution in [-0.2, 0) is 4.79 Å². The predicted molar refractivity (Wildman–Crippen MR) is 62.6 cm³/mol. The Kier molecular flexibility index (Phi) is 3.08. The minimum Gasteiger partial charge on any atom is -0.299 e. The average Bonchev–Trinajstić information content (AvgIpc) is 2.31. The monoisotopic (exact) mass is 204 g/mol. The quantitative estimate of drug-likeness (QED) is 0.671. The summed E-state index contributed by atoms with van der Waals surface area (Å²) < 4.78 is 0. The lowest BCUT2D eigenvalue weighted by molar-refractivity contribution is -0.127. The van der Waals surface area contributed by atoms with Crippen molar-refractivity contribution < 1.29 is 4.79 Å². The summed E-state index contributed by atoms with van der Waals surface area (Å²) in [5.74, 6) is 0.944. The number of rotatable bonds is 2. The summed E-state index contributed by atoms with van der Waals surface area (Å²) in [7, 11) is 0. The Morgan fingerprint density at radius 3 is 2.47 bits per heavy atom. The second-order valence-corrected chi connectivity index (χ2v) is 4.92. The fourth-order valence-corrected chi connectivity index (χ4v) is 3.11. The molecule has 0 spiro atoms. The SMILES string of the molecule is CC(=O)C1(C2CCCCC2)C=CC=CC1. The van der Waals surface area contributed by atoms with E-state index in [0.29, 0.717) is 11.7 Å². The Morgan fingerprint density at radius 1 is 1.20 bits per heavy atom. The van der Waals surface area contributed by atoms with Crippen LogP contribution in [0.4, 0.5) is 0 Å². The van der Waals surface area contributed by atoms with Crippen molar-refractivity contribution in [2.75, 3.05) is 0 Å². The molecule has 0 aromatic heterocycles. The number of hydrogen-bond acceptors (Lipinski definition) is 1. The number of carbonyl (C=O) groups is 1. The zero-order chi connectivity index (χ0) is 10.7. The van der Waals surface area contributed by atoms with Crippen LogP contribution in [0.25, 0.3) is 0 Å². The van der Waals surface area contributed by atoms with Crippen LogP contribution < -0.4 is 0 Å². The molecular formula is C14H20O. The van der Waals surface area contributed by atoms with Gasteiger partial charge in [0.1, 0.15) is 5.78 Å². The van der Waals surface area contributed by atoms with Gasteiger partial charge in [0.15, 0.2) is 0 Å². The molecule has 0 bridgehead atoms. The van der Waals surface area contributed by atoms with E-state index in [1.165, 1.54) is 32.1 Å². The van der Waals surface area contributed by atoms with Gasteiger partial charge in [-0.2, -0.15) is 0 Å². The van der Waals surface area contributed by atoms with Gasteiger partial charge in [-0.05, 0) is 32.1 Å². The molecule has 2 aliphatic carbocycles. The van der Waals surface area contributed by atoms with E-state index in [4.69, 9.17) is 0 Å². The van der Waals surface area contributed by atoms with Crippen molar-refractivity contribution in [3.8, 4) is 0 Å². The highest BCUT2D eigenvalue weighted by Gasteiger charge is 2.40. The minimum absolute atomic E-state index is 0.158. The standard InChI is InChI=1S/C14H20O/c1-12(15)14(10-6-3-7-11-14)13-8-4-2-5-9-13/h3,6-7,10,13H,2,4-5,8-9,11H2,1H3. The number of allylic oxidation sites excluding steroid dienone is 4. The summed E-state index contributed by atoms with van der Waals surface area (Å²) in [4.78, 5) is 11.9. The molecule has 15 heavy (non-hydrogen) atoms. The van der Waals surface area contributed by atoms with E-state index in [1.807, 2.05) is 0 Å². The van der Waals surface area contributed by atoms with E-state index in [9.17, 15) is 4.79 Å². The van der Waals surface area contributed by atoms with Gasteiger partial charge in [-0.3, -0.25) is 4.79 Å². The molecule has 1 heteroatoms. The molecule has 0 saturated heterocycles. The van der Waals surface area contributed by atoms with Gasteiger partial charge in [0.2, 0.25) is 0 Å². The van der Waals surface area contributed by atoms with Crippen molar-refractivity contribution in [3.63, 3.8) is 0 Å². The minimum atomic E-state index is -0.158. The van der Waals surface area contributed by atoms with Crippen molar-refractivity contribution >= 4 is 5.78 Å². The molecule has 1 nitrogen and oxygen atoms in total. The van der Waals surface area contributed by atoms with Crippen molar-refractivity contribution in [3.05, 3.63) is 24.3 Å². The molecule has 82 valence electrons. The van der Waals surface area contributed by atoms with Crippen LogP contribution in [0.15, 0.2) is 24.3 Å². The maximum absolute atomic E-state index is 11.9. The maximum Gasteiger partial charge on any atom is 0.140 e. The first-order chi connectivity index (χ1) is 7.26. The fraction of sp³-hybridized carbons (Fsp3) is 0.643. The number of ketones is 1. The number of hydrogen-bond donors (Lipinski definition) is 0. The van der Waals surface area contributed by atoms with Crippen LogP contribution in [0.3, 0.4) is 0 Å². The van der Waals surface area contributed by atoms with E-state index in [-0.39, 0.29) is 5.41 Å². The van der Waals surface area contributed by atoms with Gasteiger partial charge in [0.05, 0.1) is 5.41 Å². The normalized spacial score (nSPS) is 31.8. The lowest BCUT2D eigenvalue weighted by atomic mass is 9.64. The van der Waals surface area contributed by atoms with Crippen LogP contribution in [-0.4, -0.2) is 5.78 Å². The van der Waals surface area contributed by atoms with Crippen LogP contribution in [0, 0.1) is 11.3 Å². The van der Waals surface area contributed by atoms with E-state index in [0.717, 1.165) is 6.42 Å².